The Morgan fingerprint density at radius 3 is 2.93 bits per heavy atom. The first kappa shape index (κ1) is 9.68. The van der Waals surface area contributed by atoms with Gasteiger partial charge in [0.1, 0.15) is 10.4 Å². The molecule has 72 valence electrons. The highest BCUT2D eigenvalue weighted by Crippen LogP contribution is 2.27. The van der Waals surface area contributed by atoms with E-state index in [4.69, 9.17) is 4.74 Å². The summed E-state index contributed by atoms with van der Waals surface area (Å²) in [7, 11) is 0. The molecule has 1 heterocycles. The van der Waals surface area contributed by atoms with Crippen LogP contribution in [0.5, 0.6) is 10.9 Å². The van der Waals surface area contributed by atoms with Crippen molar-refractivity contribution < 1.29 is 4.74 Å². The molecule has 0 radical (unpaired) electrons. The number of hydrogen-bond donors (Lipinski definition) is 0. The van der Waals surface area contributed by atoms with Crippen LogP contribution < -0.4 is 4.74 Å². The summed E-state index contributed by atoms with van der Waals surface area (Å²) in [5, 5.41) is 2.55. The molecule has 1 aromatic carbocycles. The molecule has 0 saturated heterocycles. The molecule has 0 N–H and O–H groups in total. The second-order valence-electron chi connectivity index (χ2n) is 2.85. The van der Waals surface area contributed by atoms with Crippen molar-refractivity contribution in [3.05, 3.63) is 39.8 Å². The maximum absolute atomic E-state index is 5.56. The zero-order valence-electron chi connectivity index (χ0n) is 7.53. The minimum absolute atomic E-state index is 0.655. The maximum atomic E-state index is 5.56. The largest absolute Gasteiger partial charge is 0.431 e. The van der Waals surface area contributed by atoms with Gasteiger partial charge < -0.3 is 4.74 Å². The summed E-state index contributed by atoms with van der Waals surface area (Å²) in [6, 6.07) is 7.90. The number of nitrogens with zero attached hydrogens (tertiary/aromatic N) is 1. The van der Waals surface area contributed by atoms with Crippen molar-refractivity contribution in [3.63, 3.8) is 0 Å². The van der Waals surface area contributed by atoms with Crippen LogP contribution in [0.4, 0.5) is 0 Å². The van der Waals surface area contributed by atoms with Crippen LogP contribution in [0.3, 0.4) is 0 Å². The van der Waals surface area contributed by atoms with Crippen LogP contribution in [0.2, 0.25) is 0 Å². The van der Waals surface area contributed by atoms with E-state index in [-0.39, 0.29) is 0 Å². The van der Waals surface area contributed by atoms with Crippen LogP contribution in [-0.4, -0.2) is 4.98 Å². The number of ether oxygens (including phenoxy) is 1. The van der Waals surface area contributed by atoms with Gasteiger partial charge in [-0.1, -0.05) is 23.5 Å². The molecule has 2 aromatic rings. The third-order valence-electron chi connectivity index (χ3n) is 1.65. The first-order chi connectivity index (χ1) is 6.74. The molecule has 0 bridgehead atoms. The molecule has 2 rings (SSSR count). The SMILES string of the molecule is Cc1cccc(Oc2nc(Br)cs2)c1. The Morgan fingerprint density at radius 1 is 1.43 bits per heavy atom. The van der Waals surface area contributed by atoms with Crippen molar-refractivity contribution in [2.24, 2.45) is 0 Å². The highest BCUT2D eigenvalue weighted by molar-refractivity contribution is 9.10. The molecule has 0 fully saturated rings. The second kappa shape index (κ2) is 4.11. The molecule has 0 aliphatic heterocycles. The number of benzene rings is 1. The Labute approximate surface area is 94.7 Å². The van der Waals surface area contributed by atoms with Crippen molar-refractivity contribution in [2.45, 2.75) is 6.92 Å². The Kier molecular flexibility index (Phi) is 2.84. The van der Waals surface area contributed by atoms with Gasteiger partial charge in [0.25, 0.3) is 5.19 Å². The van der Waals surface area contributed by atoms with E-state index in [1.54, 1.807) is 0 Å². The molecule has 0 spiro atoms. The second-order valence-corrected chi connectivity index (χ2v) is 4.49. The molecule has 14 heavy (non-hydrogen) atoms. The summed E-state index contributed by atoms with van der Waals surface area (Å²) in [5.41, 5.74) is 1.18. The van der Waals surface area contributed by atoms with Gasteiger partial charge in [-0.05, 0) is 40.5 Å². The van der Waals surface area contributed by atoms with E-state index in [2.05, 4.69) is 20.9 Å². The summed E-state index contributed by atoms with van der Waals surface area (Å²) in [4.78, 5) is 4.15. The number of aryl methyl sites for hydroxylation is 1. The topological polar surface area (TPSA) is 22.1 Å². The molecule has 0 aliphatic carbocycles. The number of rotatable bonds is 2. The Morgan fingerprint density at radius 2 is 2.29 bits per heavy atom. The van der Waals surface area contributed by atoms with Crippen LogP contribution >= 0.6 is 27.3 Å². The third-order valence-corrected chi connectivity index (χ3v) is 3.08. The number of hydrogen-bond acceptors (Lipinski definition) is 3. The highest BCUT2D eigenvalue weighted by atomic mass is 79.9. The first-order valence-electron chi connectivity index (χ1n) is 4.09. The van der Waals surface area contributed by atoms with E-state index >= 15 is 0 Å². The molecule has 1 aromatic heterocycles. The van der Waals surface area contributed by atoms with Crippen molar-refractivity contribution in [3.8, 4) is 10.9 Å². The third kappa shape index (κ3) is 2.33. The van der Waals surface area contributed by atoms with Crippen LogP contribution in [0.25, 0.3) is 0 Å². The molecule has 4 heteroatoms. The van der Waals surface area contributed by atoms with Crippen LogP contribution in [0, 0.1) is 6.92 Å². The average Bonchev–Trinajstić information content (AvgIpc) is 2.51. The van der Waals surface area contributed by atoms with Gasteiger partial charge >= 0.3 is 0 Å². The molecule has 2 nitrogen and oxygen atoms in total. The summed E-state index contributed by atoms with van der Waals surface area (Å²) in [6.45, 7) is 2.03. The average molecular weight is 270 g/mol. The molecule has 0 saturated carbocycles. The molecule has 0 atom stereocenters. The molecule has 0 unspecified atom stereocenters. The van der Waals surface area contributed by atoms with E-state index in [1.165, 1.54) is 16.9 Å². The maximum Gasteiger partial charge on any atom is 0.279 e. The lowest BCUT2D eigenvalue weighted by Crippen LogP contribution is -1.83. The van der Waals surface area contributed by atoms with E-state index < -0.39 is 0 Å². The van der Waals surface area contributed by atoms with Gasteiger partial charge in [0.05, 0.1) is 0 Å². The van der Waals surface area contributed by atoms with Gasteiger partial charge in [-0.15, -0.1) is 0 Å². The lowest BCUT2D eigenvalue weighted by Gasteiger charge is -2.01. The first-order valence-corrected chi connectivity index (χ1v) is 5.77. The van der Waals surface area contributed by atoms with Crippen molar-refractivity contribution >= 4 is 27.3 Å². The standard InChI is InChI=1S/C10H8BrNOS/c1-7-3-2-4-8(5-7)13-10-12-9(11)6-14-10/h2-6H,1H3. The van der Waals surface area contributed by atoms with E-state index in [1.807, 2.05) is 36.6 Å². The normalized spacial score (nSPS) is 10.1. The van der Waals surface area contributed by atoms with Gasteiger partial charge in [0.2, 0.25) is 0 Å². The van der Waals surface area contributed by atoms with E-state index in [9.17, 15) is 0 Å². The quantitative estimate of drug-likeness (QED) is 0.822. The van der Waals surface area contributed by atoms with Gasteiger partial charge in [0, 0.05) is 5.38 Å². The fourth-order valence-electron chi connectivity index (χ4n) is 1.07. The lowest BCUT2D eigenvalue weighted by atomic mass is 10.2. The fraction of sp³-hybridized carbons (Fsp3) is 0.100. The molecular formula is C10H8BrNOS. The van der Waals surface area contributed by atoms with Gasteiger partial charge in [-0.3, -0.25) is 0 Å². The van der Waals surface area contributed by atoms with E-state index in [0.717, 1.165) is 10.4 Å². The van der Waals surface area contributed by atoms with Crippen LogP contribution in [0.15, 0.2) is 34.2 Å². The minimum atomic E-state index is 0.655. The molecular weight excluding hydrogens is 262 g/mol. The minimum Gasteiger partial charge on any atom is -0.431 e. The van der Waals surface area contributed by atoms with Crippen molar-refractivity contribution in [2.75, 3.05) is 0 Å². The number of thiazole rings is 1. The molecule has 0 aliphatic rings. The van der Waals surface area contributed by atoms with Crippen molar-refractivity contribution in [1.82, 2.24) is 4.98 Å². The summed E-state index contributed by atoms with van der Waals surface area (Å²) < 4.78 is 6.37. The molecule has 0 amide bonds. The highest BCUT2D eigenvalue weighted by Gasteiger charge is 2.01. The zero-order chi connectivity index (χ0) is 9.97. The zero-order valence-corrected chi connectivity index (χ0v) is 9.93. The Balaban J connectivity index is 2.18. The van der Waals surface area contributed by atoms with Gasteiger partial charge in [0.15, 0.2) is 0 Å². The Bertz CT molecular complexity index is 441. The van der Waals surface area contributed by atoms with Gasteiger partial charge in [-0.2, -0.15) is 4.98 Å². The van der Waals surface area contributed by atoms with E-state index in [0.29, 0.717) is 5.19 Å². The fourth-order valence-corrected chi connectivity index (χ4v) is 2.17. The summed E-state index contributed by atoms with van der Waals surface area (Å²) in [6.07, 6.45) is 0. The summed E-state index contributed by atoms with van der Waals surface area (Å²) >= 11 is 4.75. The number of halogens is 1. The van der Waals surface area contributed by atoms with Crippen LogP contribution in [-0.2, 0) is 0 Å². The smallest absolute Gasteiger partial charge is 0.279 e. The number of aromatic nitrogens is 1. The predicted octanol–water partition coefficient (Wildman–Crippen LogP) is 4.01. The van der Waals surface area contributed by atoms with Crippen molar-refractivity contribution in [1.29, 1.82) is 0 Å². The van der Waals surface area contributed by atoms with Gasteiger partial charge in [-0.25, -0.2) is 0 Å². The lowest BCUT2D eigenvalue weighted by molar-refractivity contribution is 0.477. The Hall–Kier alpha value is -0.870. The predicted molar refractivity (Wildman–Crippen MR) is 61.1 cm³/mol. The monoisotopic (exact) mass is 269 g/mol. The summed E-state index contributed by atoms with van der Waals surface area (Å²) in [5.74, 6) is 0.826. The van der Waals surface area contributed by atoms with Crippen LogP contribution in [0.1, 0.15) is 5.56 Å².